The van der Waals surface area contributed by atoms with Crippen molar-refractivity contribution in [3.8, 4) is 0 Å². The summed E-state index contributed by atoms with van der Waals surface area (Å²) in [6.45, 7) is 2.06. The van der Waals surface area contributed by atoms with Crippen LogP contribution in [0.15, 0.2) is 72.3 Å². The molecule has 2 aliphatic rings. The number of nitrogens with zero attached hydrogens (tertiary/aromatic N) is 1. The number of amides is 1. The molecule has 1 heterocycles. The van der Waals surface area contributed by atoms with Crippen LogP contribution in [-0.2, 0) is 33.6 Å². The second-order valence-electron chi connectivity index (χ2n) is 9.49. The molecule has 3 aromatic carbocycles. The molecule has 6 nitrogen and oxygen atoms in total. The van der Waals surface area contributed by atoms with Crippen LogP contribution in [0.3, 0.4) is 0 Å². The molecular formula is C31H29NO5. The van der Waals surface area contributed by atoms with E-state index in [4.69, 9.17) is 4.74 Å². The van der Waals surface area contributed by atoms with Gasteiger partial charge in [-0.2, -0.15) is 0 Å². The fourth-order valence-electron chi connectivity index (χ4n) is 5.26. The van der Waals surface area contributed by atoms with Crippen molar-refractivity contribution in [2.75, 3.05) is 12.0 Å². The van der Waals surface area contributed by atoms with Crippen LogP contribution >= 0.6 is 0 Å². The van der Waals surface area contributed by atoms with E-state index in [1.54, 1.807) is 24.3 Å². The highest BCUT2D eigenvalue weighted by molar-refractivity contribution is 6.51. The highest BCUT2D eigenvalue weighted by atomic mass is 16.5. The van der Waals surface area contributed by atoms with Gasteiger partial charge < -0.3 is 9.84 Å². The van der Waals surface area contributed by atoms with Crippen molar-refractivity contribution in [3.05, 3.63) is 106 Å². The zero-order chi connectivity index (χ0) is 26.1. The van der Waals surface area contributed by atoms with Gasteiger partial charge in [0.1, 0.15) is 5.76 Å². The average molecular weight is 496 g/mol. The van der Waals surface area contributed by atoms with Gasteiger partial charge in [-0.15, -0.1) is 0 Å². The minimum absolute atomic E-state index is 0.0575. The lowest BCUT2D eigenvalue weighted by Crippen LogP contribution is -2.29. The lowest BCUT2D eigenvalue weighted by atomic mass is 9.88. The van der Waals surface area contributed by atoms with Crippen LogP contribution < -0.4 is 4.90 Å². The number of hydrogen-bond donors (Lipinski definition) is 1. The monoisotopic (exact) mass is 495 g/mol. The zero-order valence-electron chi connectivity index (χ0n) is 21.0. The van der Waals surface area contributed by atoms with Gasteiger partial charge in [-0.1, -0.05) is 43.3 Å². The van der Waals surface area contributed by atoms with Crippen molar-refractivity contribution in [2.24, 2.45) is 0 Å². The molecule has 1 aliphatic heterocycles. The molecule has 1 fully saturated rings. The molecular weight excluding hydrogens is 466 g/mol. The molecule has 6 heteroatoms. The molecule has 1 atom stereocenters. The van der Waals surface area contributed by atoms with E-state index in [2.05, 4.69) is 6.92 Å². The summed E-state index contributed by atoms with van der Waals surface area (Å²) in [4.78, 5) is 40.2. The van der Waals surface area contributed by atoms with Gasteiger partial charge in [0.25, 0.3) is 11.7 Å². The van der Waals surface area contributed by atoms with E-state index in [-0.39, 0.29) is 11.3 Å². The predicted octanol–water partition coefficient (Wildman–Crippen LogP) is 5.54. The van der Waals surface area contributed by atoms with Crippen LogP contribution in [0, 0.1) is 0 Å². The van der Waals surface area contributed by atoms with Crippen LogP contribution in [-0.4, -0.2) is 29.9 Å². The Morgan fingerprint density at radius 2 is 1.57 bits per heavy atom. The maximum atomic E-state index is 13.4. The lowest BCUT2D eigenvalue weighted by molar-refractivity contribution is -0.132. The second-order valence-corrected chi connectivity index (χ2v) is 9.49. The minimum Gasteiger partial charge on any atom is -0.507 e. The number of hydrogen-bond acceptors (Lipinski definition) is 5. The number of benzene rings is 3. The average Bonchev–Trinajstić information content (AvgIpc) is 3.21. The summed E-state index contributed by atoms with van der Waals surface area (Å²) < 4.78 is 4.77. The first-order chi connectivity index (χ1) is 17.9. The summed E-state index contributed by atoms with van der Waals surface area (Å²) in [5.41, 5.74) is 5.65. The molecule has 0 bridgehead atoms. The Bertz CT molecular complexity index is 1400. The number of carbonyl (C=O) groups excluding carboxylic acids is 3. The van der Waals surface area contributed by atoms with Crippen LogP contribution in [0.4, 0.5) is 5.69 Å². The summed E-state index contributed by atoms with van der Waals surface area (Å²) in [6, 6.07) is 19.0. The Morgan fingerprint density at radius 1 is 0.919 bits per heavy atom. The second kappa shape index (κ2) is 10.1. The number of ether oxygens (including phenoxy) is 1. The molecule has 1 unspecified atom stereocenters. The van der Waals surface area contributed by atoms with Crippen LogP contribution in [0.1, 0.15) is 64.0 Å². The van der Waals surface area contributed by atoms with E-state index in [1.807, 2.05) is 42.5 Å². The molecule has 1 N–H and O–H groups in total. The summed E-state index contributed by atoms with van der Waals surface area (Å²) in [6.07, 6.45) is 5.02. The first-order valence-electron chi connectivity index (χ1n) is 12.6. The number of ketones is 1. The smallest absolute Gasteiger partial charge is 0.337 e. The van der Waals surface area contributed by atoms with E-state index in [0.29, 0.717) is 22.4 Å². The lowest BCUT2D eigenvalue weighted by Gasteiger charge is -2.26. The van der Waals surface area contributed by atoms with Crippen molar-refractivity contribution in [2.45, 2.75) is 45.1 Å². The molecule has 3 aromatic rings. The maximum absolute atomic E-state index is 13.4. The van der Waals surface area contributed by atoms with Crippen LogP contribution in [0.25, 0.3) is 5.76 Å². The fraction of sp³-hybridized carbons (Fsp3) is 0.258. The van der Waals surface area contributed by atoms with Gasteiger partial charge in [0.15, 0.2) is 0 Å². The summed E-state index contributed by atoms with van der Waals surface area (Å²) in [5.74, 6) is -2.13. The number of carbonyl (C=O) groups is 3. The number of Topliss-reactive ketones (excluding diaryl/α,β-unsaturated/α-hetero) is 1. The molecule has 0 radical (unpaired) electrons. The van der Waals surface area contributed by atoms with E-state index >= 15 is 0 Å². The number of rotatable bonds is 5. The molecule has 0 saturated carbocycles. The number of anilines is 1. The number of aliphatic hydroxyl groups is 1. The molecule has 1 saturated heterocycles. The third-order valence-electron chi connectivity index (χ3n) is 7.34. The van der Waals surface area contributed by atoms with Gasteiger partial charge in [0.2, 0.25) is 0 Å². The summed E-state index contributed by atoms with van der Waals surface area (Å²) in [5, 5.41) is 11.5. The van der Waals surface area contributed by atoms with Gasteiger partial charge >= 0.3 is 5.97 Å². The van der Waals surface area contributed by atoms with Crippen molar-refractivity contribution >= 4 is 29.1 Å². The number of esters is 1. The Morgan fingerprint density at radius 3 is 2.22 bits per heavy atom. The maximum Gasteiger partial charge on any atom is 0.337 e. The van der Waals surface area contributed by atoms with Crippen LogP contribution in [0.2, 0.25) is 0 Å². The van der Waals surface area contributed by atoms with Crippen molar-refractivity contribution in [3.63, 3.8) is 0 Å². The Hall–Kier alpha value is -4.19. The van der Waals surface area contributed by atoms with Gasteiger partial charge in [-0.3, -0.25) is 14.5 Å². The highest BCUT2D eigenvalue weighted by Crippen LogP contribution is 2.42. The molecule has 1 aliphatic carbocycles. The summed E-state index contributed by atoms with van der Waals surface area (Å²) >= 11 is 0. The molecule has 5 rings (SSSR count). The van der Waals surface area contributed by atoms with E-state index in [0.717, 1.165) is 37.7 Å². The molecule has 37 heavy (non-hydrogen) atoms. The van der Waals surface area contributed by atoms with Crippen molar-refractivity contribution in [1.82, 2.24) is 0 Å². The molecule has 0 spiro atoms. The molecule has 0 aromatic heterocycles. The fourth-order valence-corrected chi connectivity index (χ4v) is 5.26. The largest absolute Gasteiger partial charge is 0.507 e. The number of aryl methyl sites for hydroxylation is 3. The Balaban J connectivity index is 1.65. The van der Waals surface area contributed by atoms with E-state index < -0.39 is 23.7 Å². The summed E-state index contributed by atoms with van der Waals surface area (Å²) in [7, 11) is 1.30. The molecule has 188 valence electrons. The zero-order valence-corrected chi connectivity index (χ0v) is 21.0. The van der Waals surface area contributed by atoms with Gasteiger partial charge in [0, 0.05) is 11.3 Å². The quantitative estimate of drug-likeness (QED) is 0.217. The minimum atomic E-state index is -0.814. The van der Waals surface area contributed by atoms with E-state index in [9.17, 15) is 19.5 Å². The standard InChI is InChI=1S/C31H29NO5/c1-3-19-8-10-21(11-9-19)27-26(28(33)24-13-12-20-6-4-5-7-23(20)18-24)29(34)30(35)32(27)25-16-14-22(15-17-25)31(36)37-2/h8-18,27,33H,3-7H2,1-2H3/b28-26-. The third kappa shape index (κ3) is 4.44. The van der Waals surface area contributed by atoms with Gasteiger partial charge in [-0.25, -0.2) is 4.79 Å². The number of aliphatic hydroxyl groups excluding tert-OH is 1. The Labute approximate surface area is 216 Å². The molecule has 1 amide bonds. The van der Waals surface area contributed by atoms with Gasteiger partial charge in [0.05, 0.1) is 24.3 Å². The van der Waals surface area contributed by atoms with Crippen molar-refractivity contribution < 1.29 is 24.2 Å². The first-order valence-corrected chi connectivity index (χ1v) is 12.6. The number of fused-ring (bicyclic) bond motifs is 1. The highest BCUT2D eigenvalue weighted by Gasteiger charge is 2.47. The third-order valence-corrected chi connectivity index (χ3v) is 7.34. The first kappa shape index (κ1) is 24.5. The normalized spacial score (nSPS) is 18.5. The van der Waals surface area contributed by atoms with Gasteiger partial charge in [-0.05, 0) is 84.7 Å². The van der Waals surface area contributed by atoms with Crippen LogP contribution in [0.5, 0.6) is 0 Å². The number of methoxy groups -OCH3 is 1. The Kier molecular flexibility index (Phi) is 6.66. The topological polar surface area (TPSA) is 83.9 Å². The predicted molar refractivity (Wildman–Crippen MR) is 141 cm³/mol. The SMILES string of the molecule is CCc1ccc(C2/C(=C(/O)c3ccc4c(c3)CCCC4)C(=O)C(=O)N2c2ccc(C(=O)OC)cc2)cc1. The van der Waals surface area contributed by atoms with Crippen molar-refractivity contribution in [1.29, 1.82) is 0 Å². The van der Waals surface area contributed by atoms with E-state index in [1.165, 1.54) is 23.1 Å².